The van der Waals surface area contributed by atoms with Crippen LogP contribution in [0, 0.1) is 0 Å². The number of carboxylic acid groups (broad SMARTS) is 1. The minimum absolute atomic E-state index is 0.0420. The number of benzene rings is 1. The molecule has 1 aromatic rings. The third-order valence-corrected chi connectivity index (χ3v) is 3.63. The van der Waals surface area contributed by atoms with E-state index in [1.54, 1.807) is 12.1 Å². The first kappa shape index (κ1) is 29.4. The molecule has 0 spiro atoms. The number of ether oxygens (including phenoxy) is 4. The van der Waals surface area contributed by atoms with Gasteiger partial charge >= 0.3 is 11.9 Å². The van der Waals surface area contributed by atoms with Gasteiger partial charge in [0.2, 0.25) is 5.75 Å². The van der Waals surface area contributed by atoms with E-state index in [1.807, 2.05) is 0 Å². The Morgan fingerprint density at radius 1 is 0.771 bits per heavy atom. The fraction of sp³-hybridized carbons (Fsp3) is 0.333. The highest BCUT2D eigenvalue weighted by molar-refractivity contribution is 5.86. The van der Waals surface area contributed by atoms with Crippen molar-refractivity contribution in [3.05, 3.63) is 61.7 Å². The Kier molecular flexibility index (Phi) is 15.7. The minimum Gasteiger partial charge on any atom is -0.487 e. The maximum absolute atomic E-state index is 11.3. The first-order valence-corrected chi connectivity index (χ1v) is 10.5. The normalized spacial score (nSPS) is 10.5. The summed E-state index contributed by atoms with van der Waals surface area (Å²) in [5, 5.41) is 9.02. The predicted octanol–water partition coefficient (Wildman–Crippen LogP) is 2.92. The Bertz CT molecular complexity index is 848. The quantitative estimate of drug-likeness (QED) is 0.0676. The fourth-order valence-electron chi connectivity index (χ4n) is 2.27. The molecule has 35 heavy (non-hydrogen) atoms. The molecule has 1 aromatic carbocycles. The number of carboxylic acids is 1. The highest BCUT2D eigenvalue weighted by Crippen LogP contribution is 2.41. The molecule has 0 unspecified atom stereocenters. The summed E-state index contributed by atoms with van der Waals surface area (Å²) in [5.41, 5.74) is 0.388. The smallest absolute Gasteiger partial charge is 0.330 e. The van der Waals surface area contributed by atoms with Crippen LogP contribution in [0.25, 0.3) is 6.08 Å². The zero-order chi connectivity index (χ0) is 25.7. The van der Waals surface area contributed by atoms with Gasteiger partial charge in [0.25, 0.3) is 0 Å². The Morgan fingerprint density at radius 2 is 1.37 bits per heavy atom. The van der Waals surface area contributed by atoms with Crippen molar-refractivity contribution in [1.82, 2.24) is 0 Å². The van der Waals surface area contributed by atoms with Crippen molar-refractivity contribution in [2.75, 3.05) is 52.9 Å². The number of hydrogen-bond donors (Lipinski definition) is 1. The third kappa shape index (κ3) is 13.0. The van der Waals surface area contributed by atoms with E-state index in [1.165, 1.54) is 18.2 Å². The van der Waals surface area contributed by atoms with Crippen LogP contribution >= 0.6 is 0 Å². The Labute approximate surface area is 203 Å². The van der Waals surface area contributed by atoms with Crippen LogP contribution in [0.3, 0.4) is 0 Å². The summed E-state index contributed by atoms with van der Waals surface area (Å²) in [6, 6.07) is 3.17. The number of hydrogen-bond acceptors (Lipinski definition) is 10. The second kappa shape index (κ2) is 18.7. The molecule has 192 valence electrons. The van der Waals surface area contributed by atoms with Crippen molar-refractivity contribution in [2.45, 2.75) is 0 Å². The van der Waals surface area contributed by atoms with Crippen molar-refractivity contribution in [1.29, 1.82) is 0 Å². The molecule has 0 aliphatic rings. The largest absolute Gasteiger partial charge is 0.487 e. The van der Waals surface area contributed by atoms with E-state index in [9.17, 15) is 9.59 Å². The zero-order valence-corrected chi connectivity index (χ0v) is 19.3. The topological polar surface area (TPSA) is 128 Å². The molecule has 0 radical (unpaired) electrons. The molecule has 1 N–H and O–H groups in total. The van der Waals surface area contributed by atoms with Crippen molar-refractivity contribution in [2.24, 2.45) is 0 Å². The highest BCUT2D eigenvalue weighted by atomic mass is 17.2. The summed E-state index contributed by atoms with van der Waals surface area (Å²) in [7, 11) is 0. The summed E-state index contributed by atoms with van der Waals surface area (Å²) in [4.78, 5) is 42.0. The first-order valence-electron chi connectivity index (χ1n) is 10.5. The van der Waals surface area contributed by atoms with Crippen LogP contribution in [-0.2, 0) is 33.9 Å². The molecular weight excluding hydrogens is 464 g/mol. The van der Waals surface area contributed by atoms with E-state index in [2.05, 4.69) is 19.7 Å². The maximum atomic E-state index is 11.3. The molecule has 0 atom stereocenters. The second-order valence-corrected chi connectivity index (χ2v) is 6.19. The molecule has 11 heteroatoms. The Hall–Kier alpha value is -3.64. The first-order chi connectivity index (χ1) is 17.0. The maximum Gasteiger partial charge on any atom is 0.330 e. The van der Waals surface area contributed by atoms with Crippen LogP contribution in [0.1, 0.15) is 5.56 Å². The van der Waals surface area contributed by atoms with Gasteiger partial charge in [-0.05, 0) is 18.2 Å². The number of esters is 1. The monoisotopic (exact) mass is 494 g/mol. The molecule has 0 fully saturated rings. The van der Waals surface area contributed by atoms with E-state index in [0.29, 0.717) is 5.56 Å². The molecule has 0 aromatic heterocycles. The molecular formula is C24H30O11. The van der Waals surface area contributed by atoms with E-state index in [0.717, 1.165) is 12.2 Å². The summed E-state index contributed by atoms with van der Waals surface area (Å²) >= 11 is 0. The number of carbonyl (C=O) groups is 2. The average molecular weight is 494 g/mol. The van der Waals surface area contributed by atoms with Crippen LogP contribution in [-0.4, -0.2) is 69.9 Å². The fourth-order valence-corrected chi connectivity index (χ4v) is 2.27. The van der Waals surface area contributed by atoms with Crippen molar-refractivity contribution < 1.29 is 53.2 Å². The van der Waals surface area contributed by atoms with Crippen molar-refractivity contribution >= 4 is 18.0 Å². The van der Waals surface area contributed by atoms with Crippen LogP contribution in [0.15, 0.2) is 56.2 Å². The number of aliphatic carboxylic acids is 1. The summed E-state index contributed by atoms with van der Waals surface area (Å²) in [5.74, 6) is -1.13. The summed E-state index contributed by atoms with van der Waals surface area (Å²) in [6.45, 7) is 11.0. The average Bonchev–Trinajstić information content (AvgIpc) is 2.85. The van der Waals surface area contributed by atoms with Crippen LogP contribution in [0.5, 0.6) is 17.2 Å². The third-order valence-electron chi connectivity index (χ3n) is 3.63. The molecule has 0 bridgehead atoms. The van der Waals surface area contributed by atoms with Gasteiger partial charge in [0.15, 0.2) is 11.5 Å². The number of rotatable bonds is 21. The van der Waals surface area contributed by atoms with Crippen LogP contribution < -0.4 is 14.2 Å². The van der Waals surface area contributed by atoms with Gasteiger partial charge in [0.1, 0.15) is 52.9 Å². The van der Waals surface area contributed by atoms with Gasteiger partial charge < -0.3 is 24.1 Å². The van der Waals surface area contributed by atoms with E-state index in [4.69, 9.17) is 43.6 Å². The Morgan fingerprint density at radius 3 is 1.97 bits per heavy atom. The van der Waals surface area contributed by atoms with Crippen molar-refractivity contribution in [3.8, 4) is 17.2 Å². The van der Waals surface area contributed by atoms with E-state index in [-0.39, 0.29) is 70.1 Å². The highest BCUT2D eigenvalue weighted by Gasteiger charge is 2.18. The summed E-state index contributed by atoms with van der Waals surface area (Å²) in [6.07, 6.45) is 6.37. The van der Waals surface area contributed by atoms with Crippen LogP contribution in [0.4, 0.5) is 0 Å². The van der Waals surface area contributed by atoms with Gasteiger partial charge in [-0.3, -0.25) is 0 Å². The molecule has 0 heterocycles. The SMILES string of the molecule is C=CCOOCCOc1ccc(C=CC(=O)O)c(OCCOC(=O)C=C)c1OCCOOCC=C. The molecule has 0 aliphatic heterocycles. The second-order valence-electron chi connectivity index (χ2n) is 6.19. The van der Waals surface area contributed by atoms with Gasteiger partial charge in [-0.15, -0.1) is 13.2 Å². The zero-order valence-electron chi connectivity index (χ0n) is 19.3. The lowest BCUT2D eigenvalue weighted by atomic mass is 10.1. The van der Waals surface area contributed by atoms with Crippen molar-refractivity contribution in [3.63, 3.8) is 0 Å². The standard InChI is InChI=1S/C24H30O11/c1-4-11-32-34-17-15-28-20-9-7-19(8-10-21(25)26)23(30-14-13-29-22(27)6-3)24(20)31-16-18-35-33-12-5-2/h4-10H,1-3,11-18H2,(H,25,26). The van der Waals surface area contributed by atoms with Gasteiger partial charge in [0.05, 0.1) is 0 Å². The molecule has 0 saturated heterocycles. The lowest BCUT2D eigenvalue weighted by Crippen LogP contribution is -2.14. The molecule has 0 amide bonds. The molecule has 0 saturated carbocycles. The number of carbonyl (C=O) groups excluding carboxylic acids is 1. The molecule has 0 aliphatic carbocycles. The van der Waals surface area contributed by atoms with Crippen LogP contribution in [0.2, 0.25) is 0 Å². The lowest BCUT2D eigenvalue weighted by molar-refractivity contribution is -0.289. The van der Waals surface area contributed by atoms with Gasteiger partial charge in [0, 0.05) is 17.7 Å². The van der Waals surface area contributed by atoms with Gasteiger partial charge in [-0.2, -0.15) is 0 Å². The molecule has 11 nitrogen and oxygen atoms in total. The van der Waals surface area contributed by atoms with Gasteiger partial charge in [-0.25, -0.2) is 29.1 Å². The predicted molar refractivity (Wildman–Crippen MR) is 125 cm³/mol. The van der Waals surface area contributed by atoms with E-state index >= 15 is 0 Å². The summed E-state index contributed by atoms with van der Waals surface area (Å²) < 4.78 is 22.3. The van der Waals surface area contributed by atoms with Gasteiger partial charge in [-0.1, -0.05) is 18.7 Å². The van der Waals surface area contributed by atoms with E-state index < -0.39 is 11.9 Å². The minimum atomic E-state index is -1.15. The molecule has 1 rings (SSSR count). The Balaban J connectivity index is 3.06. The lowest BCUT2D eigenvalue weighted by Gasteiger charge is -2.19.